The number of phenols is 1. The van der Waals surface area contributed by atoms with Crippen LogP contribution in [0.5, 0.6) is 5.75 Å². The van der Waals surface area contributed by atoms with E-state index < -0.39 is 30.5 Å². The van der Waals surface area contributed by atoms with E-state index in [1.807, 2.05) is 0 Å². The van der Waals surface area contributed by atoms with E-state index in [0.29, 0.717) is 0 Å². The van der Waals surface area contributed by atoms with Crippen molar-refractivity contribution in [2.75, 3.05) is 25.0 Å². The highest BCUT2D eigenvalue weighted by Crippen LogP contribution is 2.28. The molecule has 23 heavy (non-hydrogen) atoms. The van der Waals surface area contributed by atoms with E-state index in [1.54, 1.807) is 0 Å². The first kappa shape index (κ1) is 17.1. The molecule has 2 amide bonds. The molecule has 0 bridgehead atoms. The molecule has 0 saturated carbocycles. The second-order valence-electron chi connectivity index (χ2n) is 5.07. The third-order valence-electron chi connectivity index (χ3n) is 3.27. The number of benzene rings is 1. The van der Waals surface area contributed by atoms with Crippen molar-refractivity contribution in [3.05, 3.63) is 23.8 Å². The number of alkyl halides is 3. The summed E-state index contributed by atoms with van der Waals surface area (Å²) in [5.41, 5.74) is 0.142. The molecule has 1 aliphatic heterocycles. The number of ether oxygens (including phenoxy) is 1. The van der Waals surface area contributed by atoms with Crippen molar-refractivity contribution in [1.82, 2.24) is 4.90 Å². The number of carbonyl (C=O) groups excluding carboxylic acids is 2. The smallest absolute Gasteiger partial charge is 0.416 e. The molecule has 0 radical (unpaired) electrons. The quantitative estimate of drug-likeness (QED) is 0.865. The number of morpholine rings is 1. The van der Waals surface area contributed by atoms with Gasteiger partial charge in [0.25, 0.3) is 5.91 Å². The Kier molecular flexibility index (Phi) is 4.79. The van der Waals surface area contributed by atoms with Crippen LogP contribution < -0.4 is 5.32 Å². The lowest BCUT2D eigenvalue weighted by Gasteiger charge is -2.33. The first-order valence-corrected chi connectivity index (χ1v) is 6.76. The molecular formula is C14H15F3N2O4. The fraction of sp³-hybridized carbons (Fsp3) is 0.429. The van der Waals surface area contributed by atoms with Gasteiger partial charge in [-0.15, -0.1) is 0 Å². The van der Waals surface area contributed by atoms with Gasteiger partial charge in [0.1, 0.15) is 5.75 Å². The monoisotopic (exact) mass is 332 g/mol. The first-order chi connectivity index (χ1) is 10.7. The normalized spacial score (nSPS) is 18.6. The summed E-state index contributed by atoms with van der Waals surface area (Å²) in [7, 11) is 0. The maximum absolute atomic E-state index is 12.7. The molecule has 2 rings (SSSR count). The summed E-state index contributed by atoms with van der Waals surface area (Å²) in [5.74, 6) is -1.50. The van der Waals surface area contributed by atoms with E-state index in [-0.39, 0.29) is 30.3 Å². The Morgan fingerprint density at radius 2 is 2.09 bits per heavy atom. The lowest BCUT2D eigenvalue weighted by atomic mass is 10.1. The summed E-state index contributed by atoms with van der Waals surface area (Å²) in [6.07, 6.45) is -6.60. The maximum Gasteiger partial charge on any atom is 0.416 e. The van der Waals surface area contributed by atoms with Crippen LogP contribution in [0.1, 0.15) is 17.3 Å². The van der Waals surface area contributed by atoms with Gasteiger partial charge in [-0.2, -0.15) is 13.2 Å². The van der Waals surface area contributed by atoms with Gasteiger partial charge in [0.2, 0.25) is 5.91 Å². The molecule has 1 saturated heterocycles. The fourth-order valence-electron chi connectivity index (χ4n) is 2.20. The highest BCUT2D eigenvalue weighted by molar-refractivity contribution is 5.98. The Morgan fingerprint density at radius 3 is 2.65 bits per heavy atom. The highest BCUT2D eigenvalue weighted by atomic mass is 19.4. The minimum absolute atomic E-state index is 0.00169. The average molecular weight is 332 g/mol. The number of phenolic OH excluding ortho intramolecular Hbond substituents is 1. The average Bonchev–Trinajstić information content (AvgIpc) is 2.45. The van der Waals surface area contributed by atoms with Gasteiger partial charge in [0, 0.05) is 25.2 Å². The van der Waals surface area contributed by atoms with Crippen LogP contribution in [0.15, 0.2) is 18.2 Å². The summed E-state index contributed by atoms with van der Waals surface area (Å²) in [6, 6.07) is 3.80. The zero-order valence-electron chi connectivity index (χ0n) is 12.2. The topological polar surface area (TPSA) is 78.9 Å². The van der Waals surface area contributed by atoms with E-state index in [1.165, 1.54) is 19.1 Å². The SMILES string of the molecule is CC(=O)Nc1ccc(C(=O)N2CCOC(C(F)(F)F)C2)c(O)c1. The van der Waals surface area contributed by atoms with E-state index in [0.717, 1.165) is 11.0 Å². The van der Waals surface area contributed by atoms with E-state index in [9.17, 15) is 27.9 Å². The van der Waals surface area contributed by atoms with Crippen molar-refractivity contribution in [2.45, 2.75) is 19.2 Å². The van der Waals surface area contributed by atoms with Gasteiger partial charge in [-0.1, -0.05) is 0 Å². The Morgan fingerprint density at radius 1 is 1.39 bits per heavy atom. The van der Waals surface area contributed by atoms with Gasteiger partial charge >= 0.3 is 6.18 Å². The van der Waals surface area contributed by atoms with E-state index in [4.69, 9.17) is 0 Å². The molecule has 1 aromatic rings. The van der Waals surface area contributed by atoms with Crippen LogP contribution in [0.3, 0.4) is 0 Å². The van der Waals surface area contributed by atoms with Crippen molar-refractivity contribution >= 4 is 17.5 Å². The lowest BCUT2D eigenvalue weighted by Crippen LogP contribution is -2.51. The standard InChI is InChI=1S/C14H15F3N2O4/c1-8(20)18-9-2-3-10(11(21)6-9)13(22)19-4-5-23-12(7-19)14(15,16)17/h2-3,6,12,21H,4-5,7H2,1H3,(H,18,20). The van der Waals surface area contributed by atoms with Crippen LogP contribution in [0.2, 0.25) is 0 Å². The van der Waals surface area contributed by atoms with Gasteiger partial charge in [-0.25, -0.2) is 0 Å². The summed E-state index contributed by atoms with van der Waals surface area (Å²) in [5, 5.41) is 12.3. The number of nitrogens with zero attached hydrogens (tertiary/aromatic N) is 1. The largest absolute Gasteiger partial charge is 0.507 e. The highest BCUT2D eigenvalue weighted by Gasteiger charge is 2.44. The number of rotatable bonds is 2. The number of nitrogens with one attached hydrogen (secondary N) is 1. The number of hydrogen-bond donors (Lipinski definition) is 2. The number of halogens is 3. The lowest BCUT2D eigenvalue weighted by molar-refractivity contribution is -0.233. The summed E-state index contributed by atoms with van der Waals surface area (Å²) < 4.78 is 42.7. The van der Waals surface area contributed by atoms with E-state index in [2.05, 4.69) is 10.1 Å². The maximum atomic E-state index is 12.7. The van der Waals surface area contributed by atoms with Gasteiger partial charge in [-0.3, -0.25) is 9.59 Å². The molecule has 1 aromatic carbocycles. The summed E-state index contributed by atoms with van der Waals surface area (Å²) >= 11 is 0. The second-order valence-corrected chi connectivity index (χ2v) is 5.07. The molecule has 0 spiro atoms. The van der Waals surface area contributed by atoms with Gasteiger partial charge in [0.15, 0.2) is 6.10 Å². The third-order valence-corrected chi connectivity index (χ3v) is 3.27. The number of amides is 2. The van der Waals surface area contributed by atoms with Crippen LogP contribution in [-0.4, -0.2) is 53.8 Å². The van der Waals surface area contributed by atoms with Crippen molar-refractivity contribution < 1.29 is 32.6 Å². The number of hydrogen-bond acceptors (Lipinski definition) is 4. The molecule has 0 aliphatic carbocycles. The Bertz CT molecular complexity index is 619. The van der Waals surface area contributed by atoms with Crippen molar-refractivity contribution in [3.8, 4) is 5.75 Å². The van der Waals surface area contributed by atoms with Gasteiger partial charge in [-0.05, 0) is 12.1 Å². The molecule has 6 nitrogen and oxygen atoms in total. The molecule has 1 heterocycles. The molecular weight excluding hydrogens is 317 g/mol. The fourth-order valence-corrected chi connectivity index (χ4v) is 2.20. The zero-order valence-corrected chi connectivity index (χ0v) is 12.2. The van der Waals surface area contributed by atoms with E-state index >= 15 is 0 Å². The van der Waals surface area contributed by atoms with Crippen LogP contribution >= 0.6 is 0 Å². The molecule has 126 valence electrons. The molecule has 0 aromatic heterocycles. The zero-order chi connectivity index (χ0) is 17.2. The molecule has 9 heteroatoms. The summed E-state index contributed by atoms with van der Waals surface area (Å²) in [4.78, 5) is 24.2. The minimum Gasteiger partial charge on any atom is -0.507 e. The van der Waals surface area contributed by atoms with Crippen LogP contribution in [0, 0.1) is 0 Å². The Balaban J connectivity index is 2.15. The van der Waals surface area contributed by atoms with Gasteiger partial charge < -0.3 is 20.1 Å². The predicted molar refractivity (Wildman–Crippen MR) is 74.1 cm³/mol. The van der Waals surface area contributed by atoms with Gasteiger partial charge in [0.05, 0.1) is 18.7 Å². The molecule has 1 unspecified atom stereocenters. The number of anilines is 1. The first-order valence-electron chi connectivity index (χ1n) is 6.76. The third kappa shape index (κ3) is 4.13. The molecule has 1 aliphatic rings. The second kappa shape index (κ2) is 6.45. The number of aromatic hydroxyl groups is 1. The summed E-state index contributed by atoms with van der Waals surface area (Å²) in [6.45, 7) is 0.412. The Labute approximate surface area is 129 Å². The van der Waals surface area contributed by atoms with Crippen LogP contribution in [0.25, 0.3) is 0 Å². The minimum atomic E-state index is -4.56. The molecule has 2 N–H and O–H groups in total. The van der Waals surface area contributed by atoms with Crippen LogP contribution in [-0.2, 0) is 9.53 Å². The van der Waals surface area contributed by atoms with Crippen molar-refractivity contribution in [1.29, 1.82) is 0 Å². The molecule has 1 atom stereocenters. The Hall–Kier alpha value is -2.29. The van der Waals surface area contributed by atoms with Crippen LogP contribution in [0.4, 0.5) is 18.9 Å². The molecule has 1 fully saturated rings. The number of carbonyl (C=O) groups is 2. The predicted octanol–water partition coefficient (Wildman–Crippen LogP) is 1.75. The van der Waals surface area contributed by atoms with Crippen molar-refractivity contribution in [3.63, 3.8) is 0 Å². The van der Waals surface area contributed by atoms with Crippen molar-refractivity contribution in [2.24, 2.45) is 0 Å².